The summed E-state index contributed by atoms with van der Waals surface area (Å²) in [4.78, 5) is 15.6. The van der Waals surface area contributed by atoms with Crippen molar-refractivity contribution in [2.75, 3.05) is 27.2 Å². The number of cyclic esters (lactones) is 1. The Kier molecular flexibility index (Phi) is 2.50. The third-order valence-electron chi connectivity index (χ3n) is 3.28. The standard InChI is InChI=1S/C16H21N3O2/c1-19(2)6-5-12-9-17-15-4-3-11(8-14(12)15)7-13-10-21-16(20)18-13/h3-4,8-9,13,17H,5-7,10H2,1-2H3,(H,18,20)/t13-/m0/s1/i6D2,7D2,9D. The molecule has 21 heavy (non-hydrogen) atoms. The van der Waals surface area contributed by atoms with E-state index in [4.69, 9.17) is 11.6 Å². The Morgan fingerprint density at radius 1 is 1.52 bits per heavy atom. The average Bonchev–Trinajstić information content (AvgIpc) is 3.11. The number of aromatic nitrogens is 1. The molecule has 2 aromatic rings. The van der Waals surface area contributed by atoms with Gasteiger partial charge in [-0.1, -0.05) is 6.07 Å². The fraction of sp³-hybridized carbons (Fsp3) is 0.438. The van der Waals surface area contributed by atoms with Gasteiger partial charge in [-0.25, -0.2) is 4.79 Å². The Morgan fingerprint density at radius 2 is 2.38 bits per heavy atom. The number of carbonyl (C=O) groups is 1. The van der Waals surface area contributed by atoms with Crippen molar-refractivity contribution >= 4 is 17.0 Å². The molecule has 1 aliphatic heterocycles. The average molecular weight is 292 g/mol. The largest absolute Gasteiger partial charge is 0.447 e. The SMILES string of the molecule is [2H]c1[nH]c2ccc(C([2H])([2H])[C@H]3COC(=O)N3)cc2c1CC([2H])([2H])N(C)C. The second kappa shape index (κ2) is 5.77. The maximum atomic E-state index is 11.2. The Morgan fingerprint density at radius 3 is 3.10 bits per heavy atom. The van der Waals surface area contributed by atoms with E-state index in [2.05, 4.69) is 10.3 Å². The quantitative estimate of drug-likeness (QED) is 0.885. The number of nitrogens with one attached hydrogen (secondary N) is 2. The van der Waals surface area contributed by atoms with E-state index in [1.165, 1.54) is 4.90 Å². The lowest BCUT2D eigenvalue weighted by Gasteiger charge is -2.09. The highest BCUT2D eigenvalue weighted by atomic mass is 16.6. The van der Waals surface area contributed by atoms with E-state index < -0.39 is 25.0 Å². The van der Waals surface area contributed by atoms with Crippen molar-refractivity contribution in [3.05, 3.63) is 35.5 Å². The number of benzene rings is 1. The first-order chi connectivity index (χ1) is 12.0. The maximum absolute atomic E-state index is 11.2. The minimum atomic E-state index is -1.86. The zero-order valence-corrected chi connectivity index (χ0v) is 12.0. The van der Waals surface area contributed by atoms with Gasteiger partial charge in [-0.3, -0.25) is 0 Å². The Balaban J connectivity index is 2.02. The highest BCUT2D eigenvalue weighted by Crippen LogP contribution is 2.21. The Labute approximate surface area is 131 Å². The van der Waals surface area contributed by atoms with Crippen LogP contribution in [-0.2, 0) is 17.5 Å². The van der Waals surface area contributed by atoms with Crippen LogP contribution >= 0.6 is 0 Å². The third-order valence-corrected chi connectivity index (χ3v) is 3.28. The van der Waals surface area contributed by atoms with Gasteiger partial charge in [-0.2, -0.15) is 0 Å². The van der Waals surface area contributed by atoms with E-state index >= 15 is 0 Å². The molecule has 3 rings (SSSR count). The molecule has 0 radical (unpaired) electrons. The smallest absolute Gasteiger partial charge is 0.407 e. The summed E-state index contributed by atoms with van der Waals surface area (Å²) in [5, 5.41) is 3.07. The number of H-pyrrole nitrogens is 1. The number of alkyl carbamates (subject to hydrolysis) is 1. The molecule has 2 N–H and O–H groups in total. The van der Waals surface area contributed by atoms with Crippen molar-refractivity contribution < 1.29 is 16.4 Å². The van der Waals surface area contributed by atoms with Crippen molar-refractivity contribution in [3.8, 4) is 0 Å². The first-order valence-corrected chi connectivity index (χ1v) is 6.75. The number of aryl methyl sites for hydroxylation is 1. The van der Waals surface area contributed by atoms with Crippen LogP contribution in [0.1, 0.15) is 18.0 Å². The molecule has 2 heterocycles. The van der Waals surface area contributed by atoms with Gasteiger partial charge in [0.1, 0.15) is 6.61 Å². The number of rotatable bonds is 5. The van der Waals surface area contributed by atoms with E-state index in [-0.39, 0.29) is 19.2 Å². The molecule has 0 saturated carbocycles. The van der Waals surface area contributed by atoms with E-state index in [0.29, 0.717) is 22.0 Å². The molecule has 1 saturated heterocycles. The highest BCUT2D eigenvalue weighted by molar-refractivity contribution is 5.84. The number of likely N-dealkylation sites (N-methyl/N-ethyl adjacent to an activating group) is 1. The van der Waals surface area contributed by atoms with E-state index in [1.807, 2.05) is 0 Å². The summed E-state index contributed by atoms with van der Waals surface area (Å²) in [7, 11) is 3.26. The monoisotopic (exact) mass is 292 g/mol. The molecule has 112 valence electrons. The van der Waals surface area contributed by atoms with Crippen LogP contribution in [0.5, 0.6) is 0 Å². The fourth-order valence-corrected chi connectivity index (χ4v) is 2.24. The van der Waals surface area contributed by atoms with Crippen LogP contribution in [0.4, 0.5) is 4.79 Å². The van der Waals surface area contributed by atoms with Crippen molar-refractivity contribution in [2.24, 2.45) is 0 Å². The lowest BCUT2D eigenvalue weighted by Crippen LogP contribution is -2.28. The van der Waals surface area contributed by atoms with Crippen LogP contribution in [0.3, 0.4) is 0 Å². The number of fused-ring (bicyclic) bond motifs is 1. The molecule has 1 aromatic carbocycles. The molecular formula is C16H21N3O2. The molecule has 1 aromatic heterocycles. The number of hydrogen-bond donors (Lipinski definition) is 2. The van der Waals surface area contributed by atoms with Gasteiger partial charge in [0.15, 0.2) is 0 Å². The van der Waals surface area contributed by atoms with Crippen LogP contribution in [-0.4, -0.2) is 49.2 Å². The van der Waals surface area contributed by atoms with Crippen LogP contribution < -0.4 is 5.32 Å². The molecule has 0 aliphatic carbocycles. The lowest BCUT2D eigenvalue weighted by atomic mass is 10.0. The molecule has 1 aliphatic rings. The number of carbonyl (C=O) groups excluding carboxylic acids is 1. The molecule has 0 bridgehead atoms. The van der Waals surface area contributed by atoms with E-state index in [1.54, 1.807) is 32.3 Å². The summed E-state index contributed by atoms with van der Waals surface area (Å²) in [6, 6.07) is 4.09. The van der Waals surface area contributed by atoms with Gasteiger partial charge in [0.05, 0.1) is 7.41 Å². The van der Waals surface area contributed by atoms with Crippen LogP contribution in [0.2, 0.25) is 0 Å². The summed E-state index contributed by atoms with van der Waals surface area (Å²) in [5.41, 5.74) is 1.47. The lowest BCUT2D eigenvalue weighted by molar-refractivity contribution is 0.177. The molecule has 5 nitrogen and oxygen atoms in total. The van der Waals surface area contributed by atoms with Crippen molar-refractivity contribution in [2.45, 2.75) is 18.8 Å². The topological polar surface area (TPSA) is 57.4 Å². The van der Waals surface area contributed by atoms with E-state index in [0.717, 1.165) is 0 Å². The van der Waals surface area contributed by atoms with Gasteiger partial charge in [-0.15, -0.1) is 0 Å². The minimum absolute atomic E-state index is 0.00539. The summed E-state index contributed by atoms with van der Waals surface area (Å²) in [6.07, 6.45) is -2.40. The summed E-state index contributed by atoms with van der Waals surface area (Å²) < 4.78 is 45.9. The van der Waals surface area contributed by atoms with Gasteiger partial charge < -0.3 is 19.9 Å². The fourth-order valence-electron chi connectivity index (χ4n) is 2.24. The zero-order valence-electron chi connectivity index (χ0n) is 17.0. The van der Waals surface area contributed by atoms with Crippen LogP contribution in [0.25, 0.3) is 10.9 Å². The Bertz CT molecular complexity index is 850. The second-order valence-corrected chi connectivity index (χ2v) is 5.16. The zero-order chi connectivity index (χ0) is 19.3. The van der Waals surface area contributed by atoms with Crippen molar-refractivity contribution in [1.82, 2.24) is 15.2 Å². The first-order valence-electron chi connectivity index (χ1n) is 9.25. The molecule has 0 unspecified atom stereocenters. The number of nitrogens with zero attached hydrogens (tertiary/aromatic N) is 1. The summed E-state index contributed by atoms with van der Waals surface area (Å²) >= 11 is 0. The Hall–Kier alpha value is -2.01. The number of hydrogen-bond acceptors (Lipinski definition) is 3. The normalized spacial score (nSPS) is 23.1. The maximum Gasteiger partial charge on any atom is 0.407 e. The second-order valence-electron chi connectivity index (χ2n) is 5.16. The molecular weight excluding hydrogens is 266 g/mol. The molecule has 5 heteroatoms. The predicted octanol–water partition coefficient (Wildman–Crippen LogP) is 1.92. The first kappa shape index (κ1) is 9.10. The van der Waals surface area contributed by atoms with Gasteiger partial charge >= 0.3 is 6.09 Å². The number of ether oxygens (including phenoxy) is 1. The van der Waals surface area contributed by atoms with Crippen LogP contribution in [0, 0.1) is 0 Å². The van der Waals surface area contributed by atoms with Gasteiger partial charge in [-0.05, 0) is 50.1 Å². The molecule has 1 fully saturated rings. The number of aromatic amines is 1. The molecule has 1 amide bonds. The van der Waals surface area contributed by atoms with Gasteiger partial charge in [0, 0.05) is 29.1 Å². The van der Waals surface area contributed by atoms with Crippen molar-refractivity contribution in [1.29, 1.82) is 0 Å². The predicted molar refractivity (Wildman–Crippen MR) is 82.5 cm³/mol. The number of amides is 1. The van der Waals surface area contributed by atoms with Gasteiger partial charge in [0.2, 0.25) is 0 Å². The van der Waals surface area contributed by atoms with Gasteiger partial charge in [0.25, 0.3) is 0 Å². The molecule has 0 spiro atoms. The summed E-state index contributed by atoms with van der Waals surface area (Å²) in [6.45, 7) is -1.70. The van der Waals surface area contributed by atoms with Crippen LogP contribution in [0.15, 0.2) is 24.4 Å². The van der Waals surface area contributed by atoms with Crippen molar-refractivity contribution in [3.63, 3.8) is 0 Å². The summed E-state index contributed by atoms with van der Waals surface area (Å²) in [5.74, 6) is 0. The molecule has 1 atom stereocenters. The minimum Gasteiger partial charge on any atom is -0.447 e. The van der Waals surface area contributed by atoms with E-state index in [9.17, 15) is 4.79 Å². The third kappa shape index (κ3) is 3.19. The highest BCUT2D eigenvalue weighted by Gasteiger charge is 2.22.